The van der Waals surface area contributed by atoms with Crippen LogP contribution in [-0.4, -0.2) is 45.3 Å². The van der Waals surface area contributed by atoms with Crippen molar-refractivity contribution < 1.29 is 22.3 Å². The van der Waals surface area contributed by atoms with E-state index in [-0.39, 0.29) is 0 Å². The van der Waals surface area contributed by atoms with Crippen molar-refractivity contribution in [3.05, 3.63) is 35.1 Å². The van der Waals surface area contributed by atoms with Crippen LogP contribution in [0.15, 0.2) is 18.2 Å². The minimum absolute atomic E-state index is 0.329. The van der Waals surface area contributed by atoms with Gasteiger partial charge in [-0.1, -0.05) is 6.07 Å². The van der Waals surface area contributed by atoms with E-state index in [1.807, 2.05) is 4.90 Å². The summed E-state index contributed by atoms with van der Waals surface area (Å²) in [6, 6.07) is 3.10. The van der Waals surface area contributed by atoms with Crippen molar-refractivity contribution in [2.24, 2.45) is 0 Å². The molecule has 1 aromatic rings. The third-order valence-electron chi connectivity index (χ3n) is 2.94. The highest BCUT2D eigenvalue weighted by atomic mass is 19.4. The van der Waals surface area contributed by atoms with Crippen LogP contribution in [-0.2, 0) is 17.5 Å². The minimum atomic E-state index is -4.67. The quantitative estimate of drug-likeness (QED) is 0.590. The van der Waals surface area contributed by atoms with Crippen LogP contribution in [0.2, 0.25) is 0 Å². The van der Waals surface area contributed by atoms with Crippen LogP contribution >= 0.6 is 0 Å². The van der Waals surface area contributed by atoms with Gasteiger partial charge in [-0.3, -0.25) is 0 Å². The van der Waals surface area contributed by atoms with Crippen molar-refractivity contribution in [1.29, 1.82) is 0 Å². The fourth-order valence-corrected chi connectivity index (χ4v) is 1.85. The lowest BCUT2D eigenvalue weighted by Crippen LogP contribution is -2.30. The number of halogens is 4. The van der Waals surface area contributed by atoms with Gasteiger partial charge in [0.25, 0.3) is 0 Å². The topological polar surface area (TPSA) is 24.5 Å². The Labute approximate surface area is 121 Å². The van der Waals surface area contributed by atoms with Crippen LogP contribution < -0.4 is 5.32 Å². The molecule has 0 amide bonds. The molecule has 0 aliphatic heterocycles. The molecule has 0 bridgehead atoms. The summed E-state index contributed by atoms with van der Waals surface area (Å²) >= 11 is 0. The second kappa shape index (κ2) is 8.31. The van der Waals surface area contributed by atoms with E-state index < -0.39 is 17.6 Å². The summed E-state index contributed by atoms with van der Waals surface area (Å²) in [7, 11) is 3.41. The third-order valence-corrected chi connectivity index (χ3v) is 2.94. The number of rotatable bonds is 8. The Kier molecular flexibility index (Phi) is 7.07. The predicted molar refractivity (Wildman–Crippen MR) is 72.5 cm³/mol. The SMILES string of the molecule is COCCNCCN(C)Cc1ccc(F)c(C(F)(F)F)c1. The van der Waals surface area contributed by atoms with Gasteiger partial charge in [0.15, 0.2) is 0 Å². The molecule has 0 fully saturated rings. The maximum atomic E-state index is 13.2. The zero-order valence-corrected chi connectivity index (χ0v) is 12.1. The Balaban J connectivity index is 2.51. The fraction of sp³-hybridized carbons (Fsp3) is 0.571. The Morgan fingerprint density at radius 1 is 1.24 bits per heavy atom. The largest absolute Gasteiger partial charge is 0.419 e. The van der Waals surface area contributed by atoms with Crippen LogP contribution in [0.1, 0.15) is 11.1 Å². The fourth-order valence-electron chi connectivity index (χ4n) is 1.85. The lowest BCUT2D eigenvalue weighted by molar-refractivity contribution is -0.140. The second-order valence-corrected chi connectivity index (χ2v) is 4.79. The van der Waals surface area contributed by atoms with Gasteiger partial charge in [0, 0.05) is 33.3 Å². The van der Waals surface area contributed by atoms with Crippen LogP contribution in [0.4, 0.5) is 17.6 Å². The van der Waals surface area contributed by atoms with E-state index in [0.717, 1.165) is 18.7 Å². The number of nitrogens with one attached hydrogen (secondary N) is 1. The molecule has 0 heterocycles. The first kappa shape index (κ1) is 17.9. The van der Waals surface area contributed by atoms with Crippen LogP contribution in [0, 0.1) is 5.82 Å². The van der Waals surface area contributed by atoms with Crippen molar-refractivity contribution in [2.45, 2.75) is 12.7 Å². The smallest absolute Gasteiger partial charge is 0.383 e. The monoisotopic (exact) mass is 308 g/mol. The highest BCUT2D eigenvalue weighted by Gasteiger charge is 2.34. The maximum absolute atomic E-state index is 13.2. The van der Waals surface area contributed by atoms with Gasteiger partial charge in [0.1, 0.15) is 5.82 Å². The molecular formula is C14H20F4N2O. The van der Waals surface area contributed by atoms with Crippen molar-refractivity contribution in [3.8, 4) is 0 Å². The average molecular weight is 308 g/mol. The van der Waals surface area contributed by atoms with E-state index in [2.05, 4.69) is 5.32 Å². The van der Waals surface area contributed by atoms with E-state index in [1.54, 1.807) is 14.2 Å². The second-order valence-electron chi connectivity index (χ2n) is 4.79. The van der Waals surface area contributed by atoms with Crippen LogP contribution in [0.25, 0.3) is 0 Å². The number of alkyl halides is 3. The summed E-state index contributed by atoms with van der Waals surface area (Å²) in [5, 5.41) is 3.14. The molecule has 7 heteroatoms. The molecule has 0 radical (unpaired) electrons. The van der Waals surface area contributed by atoms with Gasteiger partial charge in [0.2, 0.25) is 0 Å². The Hall–Kier alpha value is -1.18. The molecule has 21 heavy (non-hydrogen) atoms. The van der Waals surface area contributed by atoms with Gasteiger partial charge in [-0.15, -0.1) is 0 Å². The third kappa shape index (κ3) is 6.41. The first-order valence-electron chi connectivity index (χ1n) is 6.58. The number of benzene rings is 1. The Morgan fingerprint density at radius 3 is 2.57 bits per heavy atom. The summed E-state index contributed by atoms with van der Waals surface area (Å²) < 4.78 is 55.9. The zero-order valence-electron chi connectivity index (χ0n) is 12.1. The highest BCUT2D eigenvalue weighted by Crippen LogP contribution is 2.32. The highest BCUT2D eigenvalue weighted by molar-refractivity contribution is 5.27. The summed E-state index contributed by atoms with van der Waals surface area (Å²) in [6.45, 7) is 3.03. The lowest BCUT2D eigenvalue weighted by atomic mass is 10.1. The lowest BCUT2D eigenvalue weighted by Gasteiger charge is -2.18. The predicted octanol–water partition coefficient (Wildman–Crippen LogP) is 2.51. The number of hydrogen-bond donors (Lipinski definition) is 1. The number of nitrogens with zero attached hydrogens (tertiary/aromatic N) is 1. The Morgan fingerprint density at radius 2 is 1.95 bits per heavy atom. The van der Waals surface area contributed by atoms with Crippen molar-refractivity contribution in [2.75, 3.05) is 40.4 Å². The molecule has 1 N–H and O–H groups in total. The number of likely N-dealkylation sites (N-methyl/N-ethyl adjacent to an activating group) is 1. The first-order valence-corrected chi connectivity index (χ1v) is 6.58. The number of ether oxygens (including phenoxy) is 1. The maximum Gasteiger partial charge on any atom is 0.419 e. The van der Waals surface area contributed by atoms with Gasteiger partial charge in [-0.2, -0.15) is 13.2 Å². The normalized spacial score (nSPS) is 12.1. The molecule has 3 nitrogen and oxygen atoms in total. The molecule has 0 saturated carbocycles. The van der Waals surface area contributed by atoms with Gasteiger partial charge < -0.3 is 15.0 Å². The van der Waals surface area contributed by atoms with Gasteiger partial charge >= 0.3 is 6.18 Å². The molecule has 0 aliphatic carbocycles. The number of hydrogen-bond acceptors (Lipinski definition) is 3. The summed E-state index contributed by atoms with van der Waals surface area (Å²) in [4.78, 5) is 1.87. The number of methoxy groups -OCH3 is 1. The molecule has 120 valence electrons. The molecule has 0 saturated heterocycles. The Bertz CT molecular complexity index is 437. The molecule has 0 spiro atoms. The van der Waals surface area contributed by atoms with E-state index in [0.29, 0.717) is 31.8 Å². The van der Waals surface area contributed by atoms with Crippen molar-refractivity contribution in [3.63, 3.8) is 0 Å². The molecule has 0 aromatic heterocycles. The van der Waals surface area contributed by atoms with Crippen LogP contribution in [0.5, 0.6) is 0 Å². The molecule has 0 atom stereocenters. The first-order chi connectivity index (χ1) is 9.84. The molecule has 1 rings (SSSR count). The van der Waals surface area contributed by atoms with Gasteiger partial charge in [-0.05, 0) is 24.7 Å². The molecule has 0 unspecified atom stereocenters. The van der Waals surface area contributed by atoms with E-state index >= 15 is 0 Å². The van der Waals surface area contributed by atoms with Gasteiger partial charge in [0.05, 0.1) is 12.2 Å². The standard InChI is InChI=1S/C14H20F4N2O/c1-20(7-5-19-6-8-21-2)10-11-3-4-13(15)12(9-11)14(16,17)18/h3-4,9,19H,5-8,10H2,1-2H3. The van der Waals surface area contributed by atoms with E-state index in [1.165, 1.54) is 6.07 Å². The van der Waals surface area contributed by atoms with Crippen molar-refractivity contribution in [1.82, 2.24) is 10.2 Å². The van der Waals surface area contributed by atoms with Crippen LogP contribution in [0.3, 0.4) is 0 Å². The molecule has 1 aromatic carbocycles. The zero-order chi connectivity index (χ0) is 15.9. The van der Waals surface area contributed by atoms with E-state index in [4.69, 9.17) is 4.74 Å². The average Bonchev–Trinajstić information content (AvgIpc) is 2.39. The van der Waals surface area contributed by atoms with Gasteiger partial charge in [-0.25, -0.2) is 4.39 Å². The molecular weight excluding hydrogens is 288 g/mol. The van der Waals surface area contributed by atoms with Crippen molar-refractivity contribution >= 4 is 0 Å². The van der Waals surface area contributed by atoms with E-state index in [9.17, 15) is 17.6 Å². The summed E-state index contributed by atoms with van der Waals surface area (Å²) in [5.74, 6) is -1.24. The summed E-state index contributed by atoms with van der Waals surface area (Å²) in [5.41, 5.74) is -0.783. The minimum Gasteiger partial charge on any atom is -0.383 e. The summed E-state index contributed by atoms with van der Waals surface area (Å²) in [6.07, 6.45) is -4.67. The molecule has 0 aliphatic rings.